The van der Waals surface area contributed by atoms with Crippen molar-refractivity contribution in [2.75, 3.05) is 7.05 Å². The monoisotopic (exact) mass is 309 g/mol. The molecule has 0 aromatic heterocycles. The molecule has 2 fully saturated rings. The Morgan fingerprint density at radius 1 is 1.30 bits per heavy atom. The van der Waals surface area contributed by atoms with Gasteiger partial charge in [0.25, 0.3) is 5.91 Å². The number of carbonyl (C=O) groups excluding carboxylic acids is 1. The Kier molecular flexibility index (Phi) is 3.38. The third-order valence-electron chi connectivity index (χ3n) is 5.44. The number of carbonyl (C=O) groups is 1. The minimum Gasteiger partial charge on any atom is -0.348 e. The first kappa shape index (κ1) is 14.3. The van der Waals surface area contributed by atoms with Crippen molar-refractivity contribution < 1.29 is 4.79 Å². The number of nitriles is 1. The fraction of sp³-hybridized carbons (Fsp3) is 0.529. The average molecular weight is 309 g/mol. The van der Waals surface area contributed by atoms with Gasteiger partial charge in [0.05, 0.1) is 11.8 Å². The largest absolute Gasteiger partial charge is 0.348 e. The number of piperidine rings is 1. The molecule has 2 saturated heterocycles. The molecule has 2 bridgehead atoms. The van der Waals surface area contributed by atoms with E-state index in [0.717, 1.165) is 24.1 Å². The van der Waals surface area contributed by atoms with E-state index in [1.54, 1.807) is 12.2 Å². The summed E-state index contributed by atoms with van der Waals surface area (Å²) in [5, 5.41) is 20.2. The van der Waals surface area contributed by atoms with Crippen molar-refractivity contribution in [3.05, 3.63) is 23.3 Å². The fourth-order valence-corrected chi connectivity index (χ4v) is 4.11. The van der Waals surface area contributed by atoms with Crippen LogP contribution >= 0.6 is 0 Å². The molecule has 1 amide bonds. The first-order valence-corrected chi connectivity index (χ1v) is 8.14. The summed E-state index contributed by atoms with van der Waals surface area (Å²) in [6.07, 6.45) is 8.47. The molecule has 4 aliphatic rings. The lowest BCUT2D eigenvalue weighted by molar-refractivity contribution is -0.115. The van der Waals surface area contributed by atoms with Crippen LogP contribution in [0.25, 0.3) is 0 Å². The van der Waals surface area contributed by atoms with Gasteiger partial charge in [-0.25, -0.2) is 0 Å². The molecule has 1 aliphatic carbocycles. The number of hydrogen-bond acceptors (Lipinski definition) is 5. The summed E-state index contributed by atoms with van der Waals surface area (Å²) < 4.78 is 0. The van der Waals surface area contributed by atoms with Crippen molar-refractivity contribution in [3.8, 4) is 6.07 Å². The molecule has 0 saturated carbocycles. The number of nitrogens with zero attached hydrogens (tertiary/aromatic N) is 4. The van der Waals surface area contributed by atoms with E-state index < -0.39 is 0 Å². The lowest BCUT2D eigenvalue weighted by Crippen LogP contribution is -2.50. The van der Waals surface area contributed by atoms with E-state index in [0.29, 0.717) is 29.8 Å². The van der Waals surface area contributed by atoms with Gasteiger partial charge >= 0.3 is 0 Å². The van der Waals surface area contributed by atoms with Crippen molar-refractivity contribution in [1.82, 2.24) is 10.2 Å². The lowest BCUT2D eigenvalue weighted by atomic mass is 9.93. The molecule has 3 heterocycles. The van der Waals surface area contributed by atoms with E-state index in [2.05, 4.69) is 33.5 Å². The maximum atomic E-state index is 12.6. The Morgan fingerprint density at radius 2 is 2.04 bits per heavy atom. The minimum absolute atomic E-state index is 0.141. The van der Waals surface area contributed by atoms with Crippen molar-refractivity contribution in [2.24, 2.45) is 10.2 Å². The van der Waals surface area contributed by atoms with Gasteiger partial charge in [0.2, 0.25) is 0 Å². The van der Waals surface area contributed by atoms with Gasteiger partial charge < -0.3 is 10.2 Å². The second-order valence-electron chi connectivity index (χ2n) is 6.75. The Morgan fingerprint density at radius 3 is 2.74 bits per heavy atom. The molecule has 3 aliphatic heterocycles. The van der Waals surface area contributed by atoms with E-state index in [4.69, 9.17) is 5.26 Å². The van der Waals surface area contributed by atoms with Gasteiger partial charge in [0.15, 0.2) is 5.71 Å². The molecule has 118 valence electrons. The molecule has 0 aromatic rings. The van der Waals surface area contributed by atoms with Crippen LogP contribution in [-0.4, -0.2) is 47.4 Å². The Labute approximate surface area is 135 Å². The smallest absolute Gasteiger partial charge is 0.272 e. The molecule has 0 aromatic carbocycles. The normalized spacial score (nSPS) is 32.3. The molecule has 23 heavy (non-hydrogen) atoms. The van der Waals surface area contributed by atoms with Crippen LogP contribution < -0.4 is 5.32 Å². The third kappa shape index (κ3) is 2.41. The number of allylic oxidation sites excluding steroid dienone is 3. The zero-order valence-corrected chi connectivity index (χ0v) is 13.1. The molecule has 0 radical (unpaired) electrons. The van der Waals surface area contributed by atoms with Crippen LogP contribution in [0.15, 0.2) is 33.5 Å². The van der Waals surface area contributed by atoms with Crippen LogP contribution in [-0.2, 0) is 4.79 Å². The number of rotatable bonds is 2. The number of nitrogens with one attached hydrogen (secondary N) is 1. The molecule has 2 unspecified atom stereocenters. The minimum atomic E-state index is -0.141. The lowest BCUT2D eigenvalue weighted by Gasteiger charge is -2.36. The summed E-state index contributed by atoms with van der Waals surface area (Å²) in [5.74, 6) is -0.141. The first-order valence-electron chi connectivity index (χ1n) is 8.14. The highest BCUT2D eigenvalue weighted by Crippen LogP contribution is 2.34. The van der Waals surface area contributed by atoms with Gasteiger partial charge in [-0.15, -0.1) is 5.10 Å². The van der Waals surface area contributed by atoms with Crippen LogP contribution in [0.2, 0.25) is 0 Å². The molecule has 6 heteroatoms. The Hall–Kier alpha value is -2.26. The van der Waals surface area contributed by atoms with Crippen LogP contribution in [0.4, 0.5) is 0 Å². The Bertz CT molecular complexity index is 710. The van der Waals surface area contributed by atoms with Gasteiger partial charge in [-0.2, -0.15) is 10.4 Å². The summed E-state index contributed by atoms with van der Waals surface area (Å²) >= 11 is 0. The van der Waals surface area contributed by atoms with E-state index in [-0.39, 0.29) is 11.9 Å². The summed E-state index contributed by atoms with van der Waals surface area (Å²) in [4.78, 5) is 15.0. The van der Waals surface area contributed by atoms with Crippen molar-refractivity contribution >= 4 is 17.3 Å². The van der Waals surface area contributed by atoms with Crippen LogP contribution in [0.1, 0.15) is 32.1 Å². The highest BCUT2D eigenvalue weighted by Gasteiger charge is 2.39. The molecule has 1 N–H and O–H groups in total. The van der Waals surface area contributed by atoms with Gasteiger partial charge in [-0.05, 0) is 44.9 Å². The average Bonchev–Trinajstić information content (AvgIpc) is 3.04. The standard InChI is InChI=1S/C17H19N5O/c1-22-12-3-4-13(22)8-11(7-12)19-17(23)16-14-5-2-10(9-18)6-15(14)20-21-16/h2,5,11-13H,3-4,6-8H2,1H3,(H,19,23). The van der Waals surface area contributed by atoms with E-state index in [1.807, 2.05) is 0 Å². The van der Waals surface area contributed by atoms with Gasteiger partial charge in [-0.1, -0.05) is 0 Å². The van der Waals surface area contributed by atoms with Gasteiger partial charge in [0, 0.05) is 35.7 Å². The summed E-state index contributed by atoms with van der Waals surface area (Å²) in [6, 6.07) is 3.52. The summed E-state index contributed by atoms with van der Waals surface area (Å²) in [5.41, 5.74) is 2.52. The van der Waals surface area contributed by atoms with Crippen LogP contribution in [0, 0.1) is 11.3 Å². The fourth-order valence-electron chi connectivity index (χ4n) is 4.11. The predicted molar refractivity (Wildman–Crippen MR) is 87.0 cm³/mol. The quantitative estimate of drug-likeness (QED) is 0.835. The molecule has 6 nitrogen and oxygen atoms in total. The van der Waals surface area contributed by atoms with E-state index in [9.17, 15) is 4.79 Å². The second-order valence-corrected chi connectivity index (χ2v) is 6.75. The topological polar surface area (TPSA) is 80.8 Å². The Balaban J connectivity index is 1.44. The SMILES string of the molecule is CN1C2CCC1CC(NC(=O)C1=NN=C3CC(C#N)=CC=C31)C2. The molecular formula is C17H19N5O. The number of fused-ring (bicyclic) bond motifs is 3. The van der Waals surface area contributed by atoms with Crippen LogP contribution in [0.3, 0.4) is 0 Å². The highest BCUT2D eigenvalue weighted by atomic mass is 16.2. The maximum absolute atomic E-state index is 12.6. The zero-order valence-electron chi connectivity index (χ0n) is 13.1. The predicted octanol–water partition coefficient (Wildman–Crippen LogP) is 1.32. The number of amides is 1. The zero-order chi connectivity index (χ0) is 16.0. The molecule has 0 spiro atoms. The molecule has 4 rings (SSSR count). The second kappa shape index (κ2) is 5.43. The van der Waals surface area contributed by atoms with Gasteiger partial charge in [0.1, 0.15) is 0 Å². The first-order chi connectivity index (χ1) is 11.2. The van der Waals surface area contributed by atoms with Crippen molar-refractivity contribution in [3.63, 3.8) is 0 Å². The highest BCUT2D eigenvalue weighted by molar-refractivity contribution is 6.53. The van der Waals surface area contributed by atoms with E-state index in [1.165, 1.54) is 12.8 Å². The van der Waals surface area contributed by atoms with Crippen LogP contribution in [0.5, 0.6) is 0 Å². The van der Waals surface area contributed by atoms with E-state index >= 15 is 0 Å². The summed E-state index contributed by atoms with van der Waals surface area (Å²) in [6.45, 7) is 0. The number of hydrogen-bond donors (Lipinski definition) is 1. The maximum Gasteiger partial charge on any atom is 0.272 e. The molecular weight excluding hydrogens is 290 g/mol. The van der Waals surface area contributed by atoms with Crippen molar-refractivity contribution in [2.45, 2.75) is 50.2 Å². The molecule has 2 atom stereocenters. The summed E-state index contributed by atoms with van der Waals surface area (Å²) in [7, 11) is 2.19. The van der Waals surface area contributed by atoms with Gasteiger partial charge in [-0.3, -0.25) is 4.79 Å². The van der Waals surface area contributed by atoms with Crippen molar-refractivity contribution in [1.29, 1.82) is 5.26 Å². The third-order valence-corrected chi connectivity index (χ3v) is 5.44.